The Kier molecular flexibility index (Phi) is 3.72. The molecule has 4 nitrogen and oxygen atoms in total. The third-order valence-electron chi connectivity index (χ3n) is 2.64. The minimum Gasteiger partial charge on any atom is -0.331 e. The summed E-state index contributed by atoms with van der Waals surface area (Å²) in [6, 6.07) is 5.66. The number of rotatable bonds is 3. The number of aryl methyl sites for hydroxylation is 1. The first-order chi connectivity index (χ1) is 8.63. The van der Waals surface area contributed by atoms with Crippen LogP contribution in [0.5, 0.6) is 0 Å². The van der Waals surface area contributed by atoms with Crippen molar-refractivity contribution in [3.05, 3.63) is 30.6 Å². The topological polar surface area (TPSA) is 46.9 Å². The zero-order valence-electron chi connectivity index (χ0n) is 10.3. The minimum absolute atomic E-state index is 0.110. The van der Waals surface area contributed by atoms with E-state index in [1.165, 1.54) is 6.92 Å². The van der Waals surface area contributed by atoms with Gasteiger partial charge in [0.2, 0.25) is 5.91 Å². The van der Waals surface area contributed by atoms with Crippen LogP contribution in [0.2, 0.25) is 0 Å². The van der Waals surface area contributed by atoms with E-state index in [0.29, 0.717) is 5.69 Å². The highest BCUT2D eigenvalue weighted by Crippen LogP contribution is 2.31. The smallest absolute Gasteiger partial charge is 0.221 e. The van der Waals surface area contributed by atoms with Gasteiger partial charge in [0.1, 0.15) is 5.82 Å². The number of aromatic nitrogens is 2. The number of anilines is 1. The molecule has 94 valence electrons. The summed E-state index contributed by atoms with van der Waals surface area (Å²) in [5, 5.41) is 2.76. The van der Waals surface area contributed by atoms with Gasteiger partial charge in [-0.25, -0.2) is 4.98 Å². The van der Waals surface area contributed by atoms with E-state index in [0.717, 1.165) is 22.8 Å². The molecule has 0 radical (unpaired) electrons. The molecule has 0 aliphatic carbocycles. The molecule has 2 rings (SSSR count). The fraction of sp³-hybridized carbons (Fsp3) is 0.231. The van der Waals surface area contributed by atoms with Crippen LogP contribution >= 0.6 is 12.6 Å². The zero-order valence-corrected chi connectivity index (χ0v) is 11.2. The van der Waals surface area contributed by atoms with Gasteiger partial charge in [-0.1, -0.05) is 6.07 Å². The summed E-state index contributed by atoms with van der Waals surface area (Å²) in [5.74, 6) is 0.746. The second kappa shape index (κ2) is 5.27. The second-order valence-electron chi connectivity index (χ2n) is 3.92. The normalized spacial score (nSPS) is 10.4. The molecule has 1 aromatic heterocycles. The quantitative estimate of drug-likeness (QED) is 0.835. The Morgan fingerprint density at radius 3 is 2.94 bits per heavy atom. The van der Waals surface area contributed by atoms with Gasteiger partial charge in [-0.2, -0.15) is 0 Å². The van der Waals surface area contributed by atoms with Crippen molar-refractivity contribution in [3.63, 3.8) is 0 Å². The molecule has 2 aromatic rings. The van der Waals surface area contributed by atoms with E-state index >= 15 is 0 Å². The number of benzene rings is 1. The summed E-state index contributed by atoms with van der Waals surface area (Å²) < 4.78 is 2.03. The number of nitrogens with one attached hydrogen (secondary N) is 1. The Labute approximate surface area is 111 Å². The lowest BCUT2D eigenvalue weighted by Crippen LogP contribution is -2.07. The maximum Gasteiger partial charge on any atom is 0.221 e. The fourth-order valence-corrected chi connectivity index (χ4v) is 2.13. The van der Waals surface area contributed by atoms with Crippen molar-refractivity contribution in [2.45, 2.75) is 25.3 Å². The van der Waals surface area contributed by atoms with Gasteiger partial charge in [-0.05, 0) is 19.1 Å². The highest BCUT2D eigenvalue weighted by molar-refractivity contribution is 7.80. The number of imidazole rings is 1. The van der Waals surface area contributed by atoms with Crippen LogP contribution in [0.15, 0.2) is 35.5 Å². The molecule has 1 heterocycles. The van der Waals surface area contributed by atoms with Crippen molar-refractivity contribution in [2.24, 2.45) is 0 Å². The lowest BCUT2D eigenvalue weighted by molar-refractivity contribution is -0.114. The predicted octanol–water partition coefficient (Wildman–Crippen LogP) is 2.82. The number of nitrogens with zero attached hydrogens (tertiary/aromatic N) is 2. The largest absolute Gasteiger partial charge is 0.331 e. The average Bonchev–Trinajstić information content (AvgIpc) is 2.79. The van der Waals surface area contributed by atoms with Crippen molar-refractivity contribution >= 4 is 24.2 Å². The Hall–Kier alpha value is -1.75. The van der Waals surface area contributed by atoms with E-state index < -0.39 is 0 Å². The number of hydrogen-bond acceptors (Lipinski definition) is 3. The summed E-state index contributed by atoms with van der Waals surface area (Å²) in [7, 11) is 0. The van der Waals surface area contributed by atoms with E-state index in [2.05, 4.69) is 29.9 Å². The highest BCUT2D eigenvalue weighted by Gasteiger charge is 2.11. The summed E-state index contributed by atoms with van der Waals surface area (Å²) in [5.41, 5.74) is 1.62. The van der Waals surface area contributed by atoms with E-state index in [4.69, 9.17) is 0 Å². The molecule has 0 saturated heterocycles. The lowest BCUT2D eigenvalue weighted by Gasteiger charge is -2.11. The van der Waals surface area contributed by atoms with Gasteiger partial charge >= 0.3 is 0 Å². The molecule has 5 heteroatoms. The van der Waals surface area contributed by atoms with Gasteiger partial charge < -0.3 is 9.88 Å². The van der Waals surface area contributed by atoms with Crippen molar-refractivity contribution < 1.29 is 4.79 Å². The highest BCUT2D eigenvalue weighted by atomic mass is 32.1. The van der Waals surface area contributed by atoms with Gasteiger partial charge in [0.15, 0.2) is 0 Å². The van der Waals surface area contributed by atoms with Gasteiger partial charge in [0.05, 0.1) is 5.69 Å². The number of carbonyl (C=O) groups excluding carboxylic acids is 1. The van der Waals surface area contributed by atoms with Gasteiger partial charge in [-0.3, -0.25) is 4.79 Å². The van der Waals surface area contributed by atoms with Crippen LogP contribution in [0.25, 0.3) is 11.4 Å². The molecule has 1 aromatic carbocycles. The first kappa shape index (κ1) is 12.7. The number of thiol groups is 1. The number of hydrogen-bond donors (Lipinski definition) is 2. The maximum atomic E-state index is 11.1. The van der Waals surface area contributed by atoms with Crippen molar-refractivity contribution in [3.8, 4) is 11.4 Å². The van der Waals surface area contributed by atoms with Crippen LogP contribution in [0.4, 0.5) is 5.69 Å². The lowest BCUT2D eigenvalue weighted by atomic mass is 10.2. The molecule has 0 bridgehead atoms. The van der Waals surface area contributed by atoms with Crippen LogP contribution in [0.1, 0.15) is 13.8 Å². The first-order valence-corrected chi connectivity index (χ1v) is 6.19. The molecule has 0 saturated carbocycles. The summed E-state index contributed by atoms with van der Waals surface area (Å²) in [6.07, 6.45) is 3.69. The number of amides is 1. The van der Waals surface area contributed by atoms with Crippen LogP contribution < -0.4 is 5.32 Å². The third kappa shape index (κ3) is 2.41. The molecule has 18 heavy (non-hydrogen) atoms. The van der Waals surface area contributed by atoms with Gasteiger partial charge in [0, 0.05) is 36.3 Å². The van der Waals surface area contributed by atoms with E-state index in [-0.39, 0.29) is 5.91 Å². The molecule has 1 N–H and O–H groups in total. The van der Waals surface area contributed by atoms with E-state index in [1.54, 1.807) is 6.20 Å². The summed E-state index contributed by atoms with van der Waals surface area (Å²) in [6.45, 7) is 4.38. The zero-order chi connectivity index (χ0) is 13.1. The standard InChI is InChI=1S/C13H15N3OS/c1-3-16-8-7-14-13(16)10-5-4-6-11(12(10)18)15-9(2)17/h4-8,18H,3H2,1-2H3,(H,15,17). The number of carbonyl (C=O) groups is 1. The Balaban J connectivity index is 2.49. The Morgan fingerprint density at radius 2 is 2.28 bits per heavy atom. The molecule has 0 atom stereocenters. The Morgan fingerprint density at radius 1 is 1.50 bits per heavy atom. The van der Waals surface area contributed by atoms with Gasteiger partial charge in [0.25, 0.3) is 0 Å². The second-order valence-corrected chi connectivity index (χ2v) is 4.37. The van der Waals surface area contributed by atoms with Crippen molar-refractivity contribution in [1.29, 1.82) is 0 Å². The molecule has 0 unspecified atom stereocenters. The van der Waals surface area contributed by atoms with Crippen LogP contribution in [0, 0.1) is 0 Å². The summed E-state index contributed by atoms with van der Waals surface area (Å²) in [4.78, 5) is 16.2. The molecule has 0 spiro atoms. The average molecular weight is 261 g/mol. The SMILES string of the molecule is CCn1ccnc1-c1cccc(NC(C)=O)c1S. The van der Waals surface area contributed by atoms with E-state index in [1.807, 2.05) is 29.0 Å². The molecular formula is C13H15N3OS. The monoisotopic (exact) mass is 261 g/mol. The van der Waals surface area contributed by atoms with Crippen LogP contribution in [-0.4, -0.2) is 15.5 Å². The van der Waals surface area contributed by atoms with Crippen molar-refractivity contribution in [2.75, 3.05) is 5.32 Å². The summed E-state index contributed by atoms with van der Waals surface area (Å²) >= 11 is 4.49. The van der Waals surface area contributed by atoms with Crippen molar-refractivity contribution in [1.82, 2.24) is 9.55 Å². The molecule has 0 fully saturated rings. The molecule has 0 aliphatic heterocycles. The predicted molar refractivity (Wildman–Crippen MR) is 74.9 cm³/mol. The third-order valence-corrected chi connectivity index (χ3v) is 3.13. The van der Waals surface area contributed by atoms with Crippen LogP contribution in [-0.2, 0) is 11.3 Å². The molecular weight excluding hydrogens is 246 g/mol. The molecule has 1 amide bonds. The molecule has 0 aliphatic rings. The minimum atomic E-state index is -0.110. The van der Waals surface area contributed by atoms with Crippen LogP contribution in [0.3, 0.4) is 0 Å². The van der Waals surface area contributed by atoms with E-state index in [9.17, 15) is 4.79 Å². The fourth-order valence-electron chi connectivity index (χ4n) is 1.82. The maximum absolute atomic E-state index is 11.1. The first-order valence-electron chi connectivity index (χ1n) is 5.74. The Bertz CT molecular complexity index is 577. The van der Waals surface area contributed by atoms with Gasteiger partial charge in [-0.15, -0.1) is 12.6 Å².